The topological polar surface area (TPSA) is 49.0 Å². The predicted octanol–water partition coefficient (Wildman–Crippen LogP) is 1.26. The van der Waals surface area contributed by atoms with Crippen LogP contribution in [0.25, 0.3) is 0 Å². The molecule has 0 amide bonds. The van der Waals surface area contributed by atoms with E-state index in [1.165, 1.54) is 0 Å². The van der Waals surface area contributed by atoms with Crippen LogP contribution in [0.3, 0.4) is 0 Å². The number of hydroxylamine groups is 1. The van der Waals surface area contributed by atoms with Crippen molar-refractivity contribution in [1.29, 1.82) is 0 Å². The molecule has 94 valence electrons. The Hall–Kier alpha value is -1.30. The van der Waals surface area contributed by atoms with Gasteiger partial charge in [0.15, 0.2) is 11.5 Å². The molecule has 0 unspecified atom stereocenters. The zero-order valence-corrected chi connectivity index (χ0v) is 10.1. The van der Waals surface area contributed by atoms with Crippen LogP contribution in [0.1, 0.15) is 11.1 Å². The molecule has 0 spiro atoms. The highest BCUT2D eigenvalue weighted by molar-refractivity contribution is 5.51. The maximum atomic E-state index is 5.65. The van der Waals surface area contributed by atoms with E-state index in [0.717, 1.165) is 22.6 Å². The first-order chi connectivity index (χ1) is 8.36. The standard InChI is InChI=1S/C12H17NO4/c1-14-8-10-9(7-13-15-2)3-4-11-12(10)17-6-5-16-11/h3-4,13H,5-8H2,1-2H3. The molecule has 1 N–H and O–H groups in total. The van der Waals surface area contributed by atoms with Gasteiger partial charge in [0.1, 0.15) is 13.2 Å². The van der Waals surface area contributed by atoms with Crippen LogP contribution in [0.5, 0.6) is 11.5 Å². The molecule has 0 aliphatic carbocycles. The minimum Gasteiger partial charge on any atom is -0.486 e. The summed E-state index contributed by atoms with van der Waals surface area (Å²) in [6.07, 6.45) is 0. The summed E-state index contributed by atoms with van der Waals surface area (Å²) in [4.78, 5) is 4.86. The van der Waals surface area contributed by atoms with Crippen LogP contribution in [-0.4, -0.2) is 27.4 Å². The molecule has 0 aromatic heterocycles. The average molecular weight is 239 g/mol. The molecule has 0 fully saturated rings. The van der Waals surface area contributed by atoms with Crippen LogP contribution in [0, 0.1) is 0 Å². The summed E-state index contributed by atoms with van der Waals surface area (Å²) in [5.74, 6) is 1.57. The fraction of sp³-hybridized carbons (Fsp3) is 0.500. The van der Waals surface area contributed by atoms with Gasteiger partial charge in [-0.05, 0) is 11.6 Å². The van der Waals surface area contributed by atoms with E-state index in [9.17, 15) is 0 Å². The molecule has 5 nitrogen and oxygen atoms in total. The zero-order chi connectivity index (χ0) is 12.1. The molecule has 0 atom stereocenters. The molecule has 1 aromatic rings. The third kappa shape index (κ3) is 2.69. The van der Waals surface area contributed by atoms with Gasteiger partial charge in [-0.3, -0.25) is 0 Å². The first kappa shape index (κ1) is 12.2. The number of rotatable bonds is 5. The van der Waals surface area contributed by atoms with Crippen molar-refractivity contribution in [2.45, 2.75) is 13.2 Å². The van der Waals surface area contributed by atoms with E-state index < -0.39 is 0 Å². The average Bonchev–Trinajstić information content (AvgIpc) is 2.38. The van der Waals surface area contributed by atoms with Crippen molar-refractivity contribution in [3.05, 3.63) is 23.3 Å². The molecule has 1 heterocycles. The van der Waals surface area contributed by atoms with Gasteiger partial charge in [0.05, 0.1) is 13.7 Å². The number of methoxy groups -OCH3 is 1. The molecule has 17 heavy (non-hydrogen) atoms. The van der Waals surface area contributed by atoms with E-state index in [0.29, 0.717) is 26.4 Å². The molecule has 0 radical (unpaired) electrons. The van der Waals surface area contributed by atoms with Gasteiger partial charge in [-0.25, -0.2) is 0 Å². The van der Waals surface area contributed by atoms with E-state index in [1.54, 1.807) is 14.2 Å². The van der Waals surface area contributed by atoms with Gasteiger partial charge in [0.2, 0.25) is 0 Å². The van der Waals surface area contributed by atoms with Crippen LogP contribution < -0.4 is 15.0 Å². The number of ether oxygens (including phenoxy) is 3. The monoisotopic (exact) mass is 239 g/mol. The molecule has 0 bridgehead atoms. The lowest BCUT2D eigenvalue weighted by Gasteiger charge is -2.23. The van der Waals surface area contributed by atoms with Gasteiger partial charge < -0.3 is 19.0 Å². The van der Waals surface area contributed by atoms with Crippen LogP contribution in [0.2, 0.25) is 0 Å². The Kier molecular flexibility index (Phi) is 4.19. The summed E-state index contributed by atoms with van der Waals surface area (Å²) < 4.78 is 16.4. The SMILES string of the molecule is COCc1c(CNOC)ccc2c1OCCO2. The molecule has 5 heteroatoms. The minimum absolute atomic E-state index is 0.493. The molecule has 1 aliphatic heterocycles. The van der Waals surface area contributed by atoms with Gasteiger partial charge in [0, 0.05) is 19.2 Å². The van der Waals surface area contributed by atoms with Crippen molar-refractivity contribution in [2.24, 2.45) is 0 Å². The Bertz CT molecular complexity index is 381. The van der Waals surface area contributed by atoms with Crippen molar-refractivity contribution in [2.75, 3.05) is 27.4 Å². The van der Waals surface area contributed by atoms with Crippen molar-refractivity contribution >= 4 is 0 Å². The molecular formula is C12H17NO4. The normalized spacial score (nSPS) is 13.8. The van der Waals surface area contributed by atoms with Crippen molar-refractivity contribution in [3.8, 4) is 11.5 Å². The minimum atomic E-state index is 0.493. The third-order valence-electron chi connectivity index (χ3n) is 2.60. The molecular weight excluding hydrogens is 222 g/mol. The van der Waals surface area contributed by atoms with Crippen LogP contribution in [0.4, 0.5) is 0 Å². The Labute approximate surface area is 101 Å². The number of hydrogen-bond acceptors (Lipinski definition) is 5. The van der Waals surface area contributed by atoms with Crippen LogP contribution in [-0.2, 0) is 22.7 Å². The molecule has 1 aromatic carbocycles. The van der Waals surface area contributed by atoms with E-state index >= 15 is 0 Å². The summed E-state index contributed by atoms with van der Waals surface area (Å²) in [6, 6.07) is 3.91. The third-order valence-corrected chi connectivity index (χ3v) is 2.60. The second-order valence-electron chi connectivity index (χ2n) is 3.69. The van der Waals surface area contributed by atoms with Gasteiger partial charge in [-0.1, -0.05) is 6.07 Å². The second kappa shape index (κ2) is 5.86. The van der Waals surface area contributed by atoms with Crippen molar-refractivity contribution in [3.63, 3.8) is 0 Å². The summed E-state index contributed by atoms with van der Waals surface area (Å²) in [6.45, 7) is 2.26. The summed E-state index contributed by atoms with van der Waals surface area (Å²) in [7, 11) is 3.25. The van der Waals surface area contributed by atoms with E-state index in [-0.39, 0.29) is 0 Å². The summed E-state index contributed by atoms with van der Waals surface area (Å²) >= 11 is 0. The summed E-state index contributed by atoms with van der Waals surface area (Å²) in [5, 5.41) is 0. The Morgan fingerprint density at radius 1 is 1.24 bits per heavy atom. The molecule has 2 rings (SSSR count). The quantitative estimate of drug-likeness (QED) is 0.784. The fourth-order valence-electron chi connectivity index (χ4n) is 1.83. The highest BCUT2D eigenvalue weighted by atomic mass is 16.6. The number of nitrogens with one attached hydrogen (secondary N) is 1. The maximum Gasteiger partial charge on any atom is 0.167 e. The maximum absolute atomic E-state index is 5.65. The van der Waals surface area contributed by atoms with Gasteiger partial charge >= 0.3 is 0 Å². The first-order valence-corrected chi connectivity index (χ1v) is 5.52. The smallest absolute Gasteiger partial charge is 0.167 e. The van der Waals surface area contributed by atoms with E-state index in [4.69, 9.17) is 19.0 Å². The molecule has 0 saturated carbocycles. The van der Waals surface area contributed by atoms with Gasteiger partial charge in [0.25, 0.3) is 0 Å². The fourth-order valence-corrected chi connectivity index (χ4v) is 1.83. The van der Waals surface area contributed by atoms with Crippen molar-refractivity contribution in [1.82, 2.24) is 5.48 Å². The lowest BCUT2D eigenvalue weighted by molar-refractivity contribution is 0.0854. The zero-order valence-electron chi connectivity index (χ0n) is 10.1. The number of benzene rings is 1. The Morgan fingerprint density at radius 2 is 2.06 bits per heavy atom. The van der Waals surface area contributed by atoms with Gasteiger partial charge in [-0.2, -0.15) is 5.48 Å². The van der Waals surface area contributed by atoms with Crippen molar-refractivity contribution < 1.29 is 19.0 Å². The van der Waals surface area contributed by atoms with Crippen LogP contribution >= 0.6 is 0 Å². The van der Waals surface area contributed by atoms with E-state index in [2.05, 4.69) is 5.48 Å². The van der Waals surface area contributed by atoms with Gasteiger partial charge in [-0.15, -0.1) is 0 Å². The highest BCUT2D eigenvalue weighted by Gasteiger charge is 2.18. The summed E-state index contributed by atoms with van der Waals surface area (Å²) in [5.41, 5.74) is 4.91. The predicted molar refractivity (Wildman–Crippen MR) is 62.0 cm³/mol. The molecule has 1 aliphatic rings. The lowest BCUT2D eigenvalue weighted by Crippen LogP contribution is -2.19. The first-order valence-electron chi connectivity index (χ1n) is 5.52. The van der Waals surface area contributed by atoms with Crippen LogP contribution in [0.15, 0.2) is 12.1 Å². The number of hydrogen-bond donors (Lipinski definition) is 1. The second-order valence-corrected chi connectivity index (χ2v) is 3.69. The molecule has 0 saturated heterocycles. The van der Waals surface area contributed by atoms with E-state index in [1.807, 2.05) is 12.1 Å². The number of fused-ring (bicyclic) bond motifs is 1. The Morgan fingerprint density at radius 3 is 2.82 bits per heavy atom. The highest BCUT2D eigenvalue weighted by Crippen LogP contribution is 2.36. The largest absolute Gasteiger partial charge is 0.486 e. The Balaban J connectivity index is 2.31. The lowest BCUT2D eigenvalue weighted by atomic mass is 10.1.